The Labute approximate surface area is 236 Å². The summed E-state index contributed by atoms with van der Waals surface area (Å²) < 4.78 is 39.6. The highest BCUT2D eigenvalue weighted by Crippen LogP contribution is 2.27. The van der Waals surface area contributed by atoms with Crippen LogP contribution in [0.15, 0.2) is 54.7 Å². The van der Waals surface area contributed by atoms with Gasteiger partial charge in [-0.25, -0.2) is 13.8 Å². The Bertz CT molecular complexity index is 1370. The van der Waals surface area contributed by atoms with Crippen molar-refractivity contribution in [1.29, 1.82) is 0 Å². The molecular formula is C30H30ClF2N3O4. The highest BCUT2D eigenvalue weighted by Gasteiger charge is 2.31. The number of amides is 2. The third kappa shape index (κ3) is 6.26. The standard InChI is InChI=1S/C30H30ClF2N3O4/c1-39-28-26(17-21(31)18-34-28)30(38)36-14-10-24(11-15-36)40-23-8-12-35(13-9-23)29(37)25-7-4-20(16-27(25)33)19-2-5-22(32)6-3-19/h2-7,16-18,23-24H,8-15H2,1H3. The Kier molecular flexibility index (Phi) is 8.61. The summed E-state index contributed by atoms with van der Waals surface area (Å²) in [4.78, 5) is 33.5. The number of halogens is 3. The number of carbonyl (C=O) groups excluding carboxylic acids is 2. The Balaban J connectivity index is 1.10. The molecule has 2 aliphatic heterocycles. The van der Waals surface area contributed by atoms with Crippen LogP contribution in [0.1, 0.15) is 46.4 Å². The van der Waals surface area contributed by atoms with Gasteiger partial charge >= 0.3 is 0 Å². The van der Waals surface area contributed by atoms with E-state index in [2.05, 4.69) is 4.98 Å². The molecule has 210 valence electrons. The molecular weight excluding hydrogens is 540 g/mol. The lowest BCUT2D eigenvalue weighted by Crippen LogP contribution is -2.45. The van der Waals surface area contributed by atoms with Crippen LogP contribution >= 0.6 is 11.6 Å². The van der Waals surface area contributed by atoms with Gasteiger partial charge in [0.05, 0.1) is 29.9 Å². The van der Waals surface area contributed by atoms with Crippen molar-refractivity contribution in [2.45, 2.75) is 37.9 Å². The van der Waals surface area contributed by atoms with Crippen LogP contribution in [0.2, 0.25) is 5.02 Å². The lowest BCUT2D eigenvalue weighted by atomic mass is 10.0. The Morgan fingerprint density at radius 2 is 1.38 bits per heavy atom. The van der Waals surface area contributed by atoms with E-state index in [1.807, 2.05) is 0 Å². The summed E-state index contributed by atoms with van der Waals surface area (Å²) in [7, 11) is 1.47. The number of nitrogens with zero attached hydrogens (tertiary/aromatic N) is 3. The molecule has 0 spiro atoms. The summed E-state index contributed by atoms with van der Waals surface area (Å²) >= 11 is 6.03. The monoisotopic (exact) mass is 569 g/mol. The molecule has 3 aromatic rings. The number of likely N-dealkylation sites (tertiary alicyclic amines) is 2. The van der Waals surface area contributed by atoms with Crippen LogP contribution in [0.3, 0.4) is 0 Å². The van der Waals surface area contributed by atoms with Crippen LogP contribution in [-0.4, -0.2) is 72.1 Å². The Morgan fingerprint density at radius 1 is 0.825 bits per heavy atom. The highest BCUT2D eigenvalue weighted by molar-refractivity contribution is 6.30. The SMILES string of the molecule is COc1ncc(Cl)cc1C(=O)N1CCC(OC2CCN(C(=O)c3ccc(-c4ccc(F)cc4)cc3F)CC2)CC1. The van der Waals surface area contributed by atoms with Crippen LogP contribution in [-0.2, 0) is 4.74 Å². The van der Waals surface area contributed by atoms with Gasteiger partial charge in [-0.1, -0.05) is 29.8 Å². The van der Waals surface area contributed by atoms with Gasteiger partial charge in [0.2, 0.25) is 5.88 Å². The molecule has 2 aliphatic rings. The molecule has 0 aliphatic carbocycles. The molecule has 0 radical (unpaired) electrons. The fraction of sp³-hybridized carbons (Fsp3) is 0.367. The number of ether oxygens (including phenoxy) is 2. The quantitative estimate of drug-likeness (QED) is 0.386. The average molecular weight is 570 g/mol. The van der Waals surface area contributed by atoms with Gasteiger partial charge in [0.1, 0.15) is 17.2 Å². The van der Waals surface area contributed by atoms with Gasteiger partial charge in [-0.05, 0) is 67.1 Å². The number of methoxy groups -OCH3 is 1. The van der Waals surface area contributed by atoms with Gasteiger partial charge in [-0.15, -0.1) is 0 Å². The second-order valence-corrected chi connectivity index (χ2v) is 10.5. The van der Waals surface area contributed by atoms with Gasteiger partial charge in [-0.3, -0.25) is 9.59 Å². The Morgan fingerprint density at radius 3 is 1.93 bits per heavy atom. The molecule has 0 saturated carbocycles. The molecule has 2 fully saturated rings. The van der Waals surface area contributed by atoms with Gasteiger partial charge in [-0.2, -0.15) is 0 Å². The van der Waals surface area contributed by atoms with E-state index < -0.39 is 5.82 Å². The average Bonchev–Trinajstić information content (AvgIpc) is 2.97. The summed E-state index contributed by atoms with van der Waals surface area (Å²) in [6.07, 6.45) is 4.18. The molecule has 2 aromatic carbocycles. The smallest absolute Gasteiger partial charge is 0.259 e. The number of rotatable bonds is 6. The van der Waals surface area contributed by atoms with Gasteiger partial charge in [0, 0.05) is 32.4 Å². The van der Waals surface area contributed by atoms with Crippen molar-refractivity contribution >= 4 is 23.4 Å². The lowest BCUT2D eigenvalue weighted by molar-refractivity contribution is -0.0593. The molecule has 5 rings (SSSR count). The molecule has 7 nitrogen and oxygen atoms in total. The molecule has 10 heteroatoms. The van der Waals surface area contributed by atoms with Crippen LogP contribution in [0.5, 0.6) is 5.88 Å². The molecule has 40 heavy (non-hydrogen) atoms. The first-order valence-corrected chi connectivity index (χ1v) is 13.7. The van der Waals surface area contributed by atoms with Gasteiger partial charge < -0.3 is 19.3 Å². The summed E-state index contributed by atoms with van der Waals surface area (Å²) in [6.45, 7) is 2.04. The van der Waals surface area contributed by atoms with Crippen molar-refractivity contribution in [2.75, 3.05) is 33.3 Å². The first kappa shape index (κ1) is 28.0. The third-order valence-corrected chi connectivity index (χ3v) is 7.67. The van der Waals surface area contributed by atoms with Crippen molar-refractivity contribution < 1.29 is 27.8 Å². The molecule has 0 N–H and O–H groups in total. The second kappa shape index (κ2) is 12.3. The second-order valence-electron chi connectivity index (χ2n) is 10.0. The van der Waals surface area contributed by atoms with E-state index in [4.69, 9.17) is 21.1 Å². The Hall–Kier alpha value is -3.56. The number of aromatic nitrogens is 1. The molecule has 3 heterocycles. The zero-order valence-corrected chi connectivity index (χ0v) is 22.9. The van der Waals surface area contributed by atoms with Crippen LogP contribution in [0, 0.1) is 11.6 Å². The zero-order chi connectivity index (χ0) is 28.2. The molecule has 1 aromatic heterocycles. The van der Waals surface area contributed by atoms with Crippen molar-refractivity contribution in [3.05, 3.63) is 82.5 Å². The third-order valence-electron chi connectivity index (χ3n) is 7.46. The van der Waals surface area contributed by atoms with Crippen molar-refractivity contribution in [3.63, 3.8) is 0 Å². The van der Waals surface area contributed by atoms with Crippen LogP contribution in [0.4, 0.5) is 8.78 Å². The lowest BCUT2D eigenvalue weighted by Gasteiger charge is -2.37. The number of carbonyl (C=O) groups is 2. The van der Waals surface area contributed by atoms with Crippen LogP contribution in [0.25, 0.3) is 11.1 Å². The van der Waals surface area contributed by atoms with Crippen molar-refractivity contribution in [2.24, 2.45) is 0 Å². The molecule has 0 bridgehead atoms. The normalized spacial score (nSPS) is 16.7. The minimum absolute atomic E-state index is 0.000718. The minimum atomic E-state index is -0.599. The fourth-order valence-electron chi connectivity index (χ4n) is 5.26. The summed E-state index contributed by atoms with van der Waals surface area (Å²) in [6, 6.07) is 11.8. The van der Waals surface area contributed by atoms with Gasteiger partial charge in [0.15, 0.2) is 0 Å². The highest BCUT2D eigenvalue weighted by atomic mass is 35.5. The molecule has 2 saturated heterocycles. The van der Waals surface area contributed by atoms with Crippen LogP contribution < -0.4 is 4.74 Å². The molecule has 0 atom stereocenters. The summed E-state index contributed by atoms with van der Waals surface area (Å²) in [5.74, 6) is -1.23. The van der Waals surface area contributed by atoms with Crippen molar-refractivity contribution in [1.82, 2.24) is 14.8 Å². The van der Waals surface area contributed by atoms with E-state index in [-0.39, 0.29) is 41.3 Å². The maximum atomic E-state index is 14.9. The van der Waals surface area contributed by atoms with E-state index in [9.17, 15) is 18.4 Å². The fourth-order valence-corrected chi connectivity index (χ4v) is 5.41. The maximum absolute atomic E-state index is 14.9. The number of piperidine rings is 2. The number of benzene rings is 2. The largest absolute Gasteiger partial charge is 0.480 e. The first-order valence-electron chi connectivity index (χ1n) is 13.3. The number of hydrogen-bond acceptors (Lipinski definition) is 5. The maximum Gasteiger partial charge on any atom is 0.259 e. The number of hydrogen-bond donors (Lipinski definition) is 0. The summed E-state index contributed by atoms with van der Waals surface area (Å²) in [5, 5.41) is 0.372. The van der Waals surface area contributed by atoms with E-state index in [1.165, 1.54) is 37.6 Å². The van der Waals surface area contributed by atoms with Gasteiger partial charge in [0.25, 0.3) is 11.8 Å². The van der Waals surface area contributed by atoms with E-state index >= 15 is 0 Å². The predicted molar refractivity (Wildman–Crippen MR) is 147 cm³/mol. The molecule has 2 amide bonds. The molecule has 0 unspecified atom stereocenters. The predicted octanol–water partition coefficient (Wildman–Crippen LogP) is 5.61. The van der Waals surface area contributed by atoms with Crippen molar-refractivity contribution in [3.8, 4) is 17.0 Å². The van der Waals surface area contributed by atoms with E-state index in [0.29, 0.717) is 73.6 Å². The zero-order valence-electron chi connectivity index (χ0n) is 22.1. The minimum Gasteiger partial charge on any atom is -0.480 e. The van der Waals surface area contributed by atoms with E-state index in [1.54, 1.807) is 34.1 Å². The first-order chi connectivity index (χ1) is 19.3. The topological polar surface area (TPSA) is 72.0 Å². The summed E-state index contributed by atoms with van der Waals surface area (Å²) in [5.41, 5.74) is 1.62. The number of pyridine rings is 1. The van der Waals surface area contributed by atoms with E-state index in [0.717, 1.165) is 0 Å².